The number of methoxy groups -OCH3 is 2. The van der Waals surface area contributed by atoms with Crippen LogP contribution in [-0.2, 0) is 19.1 Å². The summed E-state index contributed by atoms with van der Waals surface area (Å²) in [4.78, 5) is 48.2. The van der Waals surface area contributed by atoms with Gasteiger partial charge in [-0.15, -0.1) is 0 Å². The van der Waals surface area contributed by atoms with Crippen molar-refractivity contribution in [1.82, 2.24) is 0 Å². The topological polar surface area (TPSA) is 123 Å². The number of amides is 1. The van der Waals surface area contributed by atoms with Crippen molar-refractivity contribution in [2.75, 3.05) is 19.5 Å². The van der Waals surface area contributed by atoms with E-state index in [1.54, 1.807) is 24.3 Å². The largest absolute Gasteiger partial charge is 0.465 e. The lowest BCUT2D eigenvalue weighted by atomic mass is 10.1. The van der Waals surface area contributed by atoms with Gasteiger partial charge >= 0.3 is 11.9 Å². The fraction of sp³-hybridized carbons (Fsp3) is 0.238. The van der Waals surface area contributed by atoms with Crippen LogP contribution in [0.3, 0.4) is 0 Å². The summed E-state index contributed by atoms with van der Waals surface area (Å²) in [6, 6.07) is 9.50. The number of Topliss-reactive ketones (excluding diaryl/α,β-unsaturated/α-hetero) is 1. The van der Waals surface area contributed by atoms with E-state index in [2.05, 4.69) is 20.3 Å². The van der Waals surface area contributed by atoms with Gasteiger partial charge in [-0.25, -0.2) is 9.59 Å². The number of carbonyl (C=O) groups excluding carboxylic acids is 4. The number of anilines is 1. The maximum absolute atomic E-state index is 12.5. The SMILES string of the molecule is COC(=O)c1ccc(C(=O)OC)c(N=NC(C(C)=O)C(=O)Nc2ccc(C)cc2)c1. The Morgan fingerprint density at radius 3 is 2.13 bits per heavy atom. The van der Waals surface area contributed by atoms with Crippen LogP contribution in [0.2, 0.25) is 0 Å². The third-order valence-electron chi connectivity index (χ3n) is 4.06. The average Bonchev–Trinajstić information content (AvgIpc) is 2.74. The van der Waals surface area contributed by atoms with Gasteiger partial charge in [0, 0.05) is 5.69 Å². The minimum absolute atomic E-state index is 0.00940. The molecule has 9 heteroatoms. The van der Waals surface area contributed by atoms with Gasteiger partial charge in [-0.05, 0) is 44.2 Å². The Morgan fingerprint density at radius 1 is 0.933 bits per heavy atom. The molecule has 0 saturated carbocycles. The molecule has 1 amide bonds. The molecule has 1 N–H and O–H groups in total. The molecule has 0 aliphatic heterocycles. The number of hydrogen-bond acceptors (Lipinski definition) is 8. The van der Waals surface area contributed by atoms with Crippen molar-refractivity contribution in [1.29, 1.82) is 0 Å². The standard InChI is InChI=1S/C21H21N3O6/c1-12-5-8-15(9-6-12)22-19(26)18(13(2)25)24-23-17-11-14(20(27)29-3)7-10-16(17)21(28)30-4/h5-11,18H,1-4H3,(H,22,26). The minimum atomic E-state index is -1.45. The number of ether oxygens (including phenoxy) is 2. The summed E-state index contributed by atoms with van der Waals surface area (Å²) in [6.07, 6.45) is 0. The zero-order chi connectivity index (χ0) is 22.3. The molecule has 0 fully saturated rings. The highest BCUT2D eigenvalue weighted by Gasteiger charge is 2.24. The summed E-state index contributed by atoms with van der Waals surface area (Å²) in [7, 11) is 2.39. The highest BCUT2D eigenvalue weighted by atomic mass is 16.5. The summed E-state index contributed by atoms with van der Waals surface area (Å²) in [5, 5.41) is 10.3. The van der Waals surface area contributed by atoms with E-state index >= 15 is 0 Å². The number of nitrogens with zero attached hydrogens (tertiary/aromatic N) is 2. The normalized spacial score (nSPS) is 11.6. The molecule has 0 spiro atoms. The molecule has 0 bridgehead atoms. The molecular weight excluding hydrogens is 390 g/mol. The van der Waals surface area contributed by atoms with Crippen LogP contribution < -0.4 is 5.32 Å². The molecule has 2 rings (SSSR count). The van der Waals surface area contributed by atoms with E-state index < -0.39 is 29.7 Å². The van der Waals surface area contributed by atoms with Gasteiger partial charge < -0.3 is 14.8 Å². The average molecular weight is 411 g/mol. The Hall–Kier alpha value is -3.88. The molecule has 9 nitrogen and oxygen atoms in total. The van der Waals surface area contributed by atoms with Crippen LogP contribution in [0.5, 0.6) is 0 Å². The summed E-state index contributed by atoms with van der Waals surface area (Å²) in [5.74, 6) is -2.60. The number of rotatable bonds is 7. The van der Waals surface area contributed by atoms with E-state index in [1.807, 2.05) is 6.92 Å². The molecule has 0 aliphatic carbocycles. The number of ketones is 1. The molecule has 30 heavy (non-hydrogen) atoms. The number of carbonyl (C=O) groups is 4. The smallest absolute Gasteiger partial charge is 0.340 e. The van der Waals surface area contributed by atoms with Crippen molar-refractivity contribution in [2.45, 2.75) is 19.9 Å². The van der Waals surface area contributed by atoms with Gasteiger partial charge in [0.15, 0.2) is 5.78 Å². The lowest BCUT2D eigenvalue weighted by molar-refractivity contribution is -0.126. The maximum atomic E-state index is 12.5. The van der Waals surface area contributed by atoms with Crippen molar-refractivity contribution in [3.8, 4) is 0 Å². The van der Waals surface area contributed by atoms with Gasteiger partial charge in [0.25, 0.3) is 5.91 Å². The minimum Gasteiger partial charge on any atom is -0.465 e. The first kappa shape index (κ1) is 22.4. The molecule has 0 aromatic heterocycles. The molecule has 0 aliphatic rings. The Morgan fingerprint density at radius 2 is 1.57 bits per heavy atom. The zero-order valence-corrected chi connectivity index (χ0v) is 17.0. The first-order chi connectivity index (χ1) is 14.3. The monoisotopic (exact) mass is 411 g/mol. The Labute approximate surface area is 173 Å². The number of benzene rings is 2. The number of esters is 2. The summed E-state index contributed by atoms with van der Waals surface area (Å²) in [5.41, 5.74) is 1.59. The molecule has 1 atom stereocenters. The second-order valence-electron chi connectivity index (χ2n) is 6.30. The van der Waals surface area contributed by atoms with Crippen molar-refractivity contribution < 1.29 is 28.7 Å². The number of hydrogen-bond donors (Lipinski definition) is 1. The van der Waals surface area contributed by atoms with Gasteiger partial charge in [-0.2, -0.15) is 10.2 Å². The van der Waals surface area contributed by atoms with Gasteiger partial charge in [-0.3, -0.25) is 9.59 Å². The van der Waals surface area contributed by atoms with Gasteiger partial charge in [0.05, 0.1) is 25.3 Å². The predicted octanol–water partition coefficient (Wildman–Crippen LogP) is 3.25. The molecule has 0 radical (unpaired) electrons. The van der Waals surface area contributed by atoms with Crippen molar-refractivity contribution in [3.63, 3.8) is 0 Å². The third kappa shape index (κ3) is 5.57. The summed E-state index contributed by atoms with van der Waals surface area (Å²) in [6.45, 7) is 3.10. The maximum Gasteiger partial charge on any atom is 0.340 e. The Bertz CT molecular complexity index is 998. The van der Waals surface area contributed by atoms with E-state index in [9.17, 15) is 19.2 Å². The molecule has 0 saturated heterocycles. The fourth-order valence-corrected chi connectivity index (χ4v) is 2.43. The molecule has 2 aromatic rings. The van der Waals surface area contributed by atoms with Crippen molar-refractivity contribution >= 4 is 35.0 Å². The van der Waals surface area contributed by atoms with Crippen LogP contribution in [0.25, 0.3) is 0 Å². The van der Waals surface area contributed by atoms with Crippen LogP contribution in [0.1, 0.15) is 33.2 Å². The van der Waals surface area contributed by atoms with Crippen molar-refractivity contribution in [3.05, 3.63) is 59.2 Å². The zero-order valence-electron chi connectivity index (χ0n) is 17.0. The first-order valence-electron chi connectivity index (χ1n) is 8.86. The van der Waals surface area contributed by atoms with E-state index in [1.165, 1.54) is 39.3 Å². The summed E-state index contributed by atoms with van der Waals surface area (Å²) < 4.78 is 9.34. The van der Waals surface area contributed by atoms with E-state index in [0.717, 1.165) is 5.56 Å². The third-order valence-corrected chi connectivity index (χ3v) is 4.06. The Kier molecular flexibility index (Phi) is 7.51. The number of azo groups is 1. The second kappa shape index (κ2) is 10.1. The van der Waals surface area contributed by atoms with E-state index in [4.69, 9.17) is 4.74 Å². The Balaban J connectivity index is 2.35. The number of nitrogens with one attached hydrogen (secondary N) is 1. The molecular formula is C21H21N3O6. The van der Waals surface area contributed by atoms with E-state index in [0.29, 0.717) is 5.69 Å². The second-order valence-corrected chi connectivity index (χ2v) is 6.30. The highest BCUT2D eigenvalue weighted by Crippen LogP contribution is 2.24. The van der Waals surface area contributed by atoms with E-state index in [-0.39, 0.29) is 16.8 Å². The van der Waals surface area contributed by atoms with Crippen LogP contribution in [0.4, 0.5) is 11.4 Å². The first-order valence-corrected chi connectivity index (χ1v) is 8.86. The quantitative estimate of drug-likeness (QED) is 0.424. The number of aryl methyl sites for hydroxylation is 1. The van der Waals surface area contributed by atoms with Gasteiger partial charge in [0.1, 0.15) is 5.69 Å². The lowest BCUT2D eigenvalue weighted by Gasteiger charge is -2.10. The van der Waals surface area contributed by atoms with Crippen LogP contribution in [0, 0.1) is 6.92 Å². The van der Waals surface area contributed by atoms with Crippen LogP contribution in [-0.4, -0.2) is 43.9 Å². The van der Waals surface area contributed by atoms with Crippen molar-refractivity contribution in [2.24, 2.45) is 10.2 Å². The predicted molar refractivity (Wildman–Crippen MR) is 108 cm³/mol. The van der Waals surface area contributed by atoms with Crippen LogP contribution >= 0.6 is 0 Å². The molecule has 156 valence electrons. The lowest BCUT2D eigenvalue weighted by Crippen LogP contribution is -2.31. The van der Waals surface area contributed by atoms with Gasteiger partial charge in [0.2, 0.25) is 6.04 Å². The van der Waals surface area contributed by atoms with Crippen LogP contribution in [0.15, 0.2) is 52.7 Å². The summed E-state index contributed by atoms with van der Waals surface area (Å²) >= 11 is 0. The fourth-order valence-electron chi connectivity index (χ4n) is 2.43. The van der Waals surface area contributed by atoms with Gasteiger partial charge in [-0.1, -0.05) is 17.7 Å². The molecule has 2 aromatic carbocycles. The molecule has 0 heterocycles. The molecule has 1 unspecified atom stereocenters. The highest BCUT2D eigenvalue weighted by molar-refractivity contribution is 6.10.